The van der Waals surface area contributed by atoms with Gasteiger partial charge in [-0.3, -0.25) is 0 Å². The first-order chi connectivity index (χ1) is 8.31. The van der Waals surface area contributed by atoms with Crippen LogP contribution in [0.5, 0.6) is 11.5 Å². The lowest BCUT2D eigenvalue weighted by Crippen LogP contribution is -2.40. The van der Waals surface area contributed by atoms with Crippen LogP contribution < -0.4 is 20.1 Å². The summed E-state index contributed by atoms with van der Waals surface area (Å²) < 4.78 is 11.4. The molecule has 1 atom stereocenters. The Hall–Kier alpha value is -1.42. The Kier molecular flexibility index (Phi) is 2.59. The molecular formula is C13H18N2O2. The molecule has 1 aromatic rings. The van der Waals surface area contributed by atoms with E-state index in [0.29, 0.717) is 13.2 Å². The quantitative estimate of drug-likeness (QED) is 0.842. The first kappa shape index (κ1) is 10.7. The van der Waals surface area contributed by atoms with Crippen molar-refractivity contribution in [3.63, 3.8) is 0 Å². The molecule has 0 aliphatic carbocycles. The number of anilines is 1. The van der Waals surface area contributed by atoms with E-state index >= 15 is 0 Å². The van der Waals surface area contributed by atoms with Crippen molar-refractivity contribution in [3.05, 3.63) is 17.7 Å². The second kappa shape index (κ2) is 4.11. The van der Waals surface area contributed by atoms with Crippen LogP contribution in [0.25, 0.3) is 0 Å². The molecule has 3 rings (SSSR count). The van der Waals surface area contributed by atoms with Gasteiger partial charge in [0.25, 0.3) is 0 Å². The molecule has 0 fully saturated rings. The van der Waals surface area contributed by atoms with Gasteiger partial charge in [-0.15, -0.1) is 0 Å². The molecule has 2 aliphatic rings. The van der Waals surface area contributed by atoms with Gasteiger partial charge in [-0.05, 0) is 24.5 Å². The highest BCUT2D eigenvalue weighted by Gasteiger charge is 2.30. The van der Waals surface area contributed by atoms with Crippen LogP contribution in [0, 0.1) is 0 Å². The van der Waals surface area contributed by atoms with Gasteiger partial charge in [0.05, 0.1) is 11.9 Å². The van der Waals surface area contributed by atoms with Crippen LogP contribution >= 0.6 is 0 Å². The Morgan fingerprint density at radius 1 is 1.35 bits per heavy atom. The third-order valence-electron chi connectivity index (χ3n) is 3.49. The topological polar surface area (TPSA) is 47.7 Å². The van der Waals surface area contributed by atoms with Crippen LogP contribution in [0.3, 0.4) is 0 Å². The van der Waals surface area contributed by atoms with Crippen molar-refractivity contribution in [1.29, 1.82) is 0 Å². The van der Waals surface area contributed by atoms with E-state index in [2.05, 4.69) is 17.9 Å². The first-order valence-corrected chi connectivity index (χ1v) is 6.25. The van der Waals surface area contributed by atoms with Crippen LogP contribution in [-0.4, -0.2) is 25.9 Å². The number of nitrogens with two attached hydrogens (primary N) is 1. The fourth-order valence-corrected chi connectivity index (χ4v) is 2.56. The zero-order chi connectivity index (χ0) is 11.8. The number of nitrogens with zero attached hydrogens (tertiary/aromatic N) is 1. The zero-order valence-electron chi connectivity index (χ0n) is 10.1. The Labute approximate surface area is 101 Å². The van der Waals surface area contributed by atoms with Gasteiger partial charge in [0.1, 0.15) is 13.2 Å². The largest absolute Gasteiger partial charge is 0.486 e. The predicted molar refractivity (Wildman–Crippen MR) is 66.7 cm³/mol. The maximum atomic E-state index is 6.16. The molecule has 2 aliphatic heterocycles. The van der Waals surface area contributed by atoms with Gasteiger partial charge < -0.3 is 20.1 Å². The molecule has 0 saturated carbocycles. The summed E-state index contributed by atoms with van der Waals surface area (Å²) in [6, 6.07) is 4.14. The number of benzene rings is 1. The maximum Gasteiger partial charge on any atom is 0.184 e. The Bertz CT molecular complexity index is 434. The van der Waals surface area contributed by atoms with Crippen LogP contribution in [0.1, 0.15) is 18.9 Å². The van der Waals surface area contributed by atoms with Crippen LogP contribution in [0.4, 0.5) is 5.69 Å². The molecule has 92 valence electrons. The normalized spacial score (nSPS) is 19.1. The number of fused-ring (bicyclic) bond motifs is 3. The van der Waals surface area contributed by atoms with E-state index in [9.17, 15) is 0 Å². The summed E-state index contributed by atoms with van der Waals surface area (Å²) in [7, 11) is 0. The van der Waals surface area contributed by atoms with Gasteiger partial charge in [0, 0.05) is 6.54 Å². The Morgan fingerprint density at radius 2 is 2.18 bits per heavy atom. The Balaban J connectivity index is 2.06. The van der Waals surface area contributed by atoms with Crippen LogP contribution in [0.2, 0.25) is 0 Å². The summed E-state index contributed by atoms with van der Waals surface area (Å²) in [4.78, 5) is 2.24. The summed E-state index contributed by atoms with van der Waals surface area (Å²) in [5.74, 6) is 1.74. The van der Waals surface area contributed by atoms with Crippen molar-refractivity contribution in [2.75, 3.05) is 24.7 Å². The second-order valence-electron chi connectivity index (χ2n) is 4.52. The average molecular weight is 234 g/mol. The van der Waals surface area contributed by atoms with Crippen LogP contribution in [0.15, 0.2) is 12.1 Å². The highest BCUT2D eigenvalue weighted by molar-refractivity contribution is 5.72. The number of rotatable bonds is 2. The van der Waals surface area contributed by atoms with Gasteiger partial charge in [-0.1, -0.05) is 13.0 Å². The molecule has 0 bridgehead atoms. The molecular weight excluding hydrogens is 216 g/mol. The summed E-state index contributed by atoms with van der Waals surface area (Å²) >= 11 is 0. The fraction of sp³-hybridized carbons (Fsp3) is 0.538. The standard InChI is InChI=1S/C13H18N2O2/c1-2-11(14)15-6-5-9-3-4-10-13(12(9)15)17-8-7-16-10/h3-4,11H,2,5-8,14H2,1H3. The average Bonchev–Trinajstić information content (AvgIpc) is 2.82. The number of hydrogen-bond acceptors (Lipinski definition) is 4. The summed E-state index contributed by atoms with van der Waals surface area (Å²) in [5.41, 5.74) is 8.62. The van der Waals surface area contributed by atoms with Crippen molar-refractivity contribution >= 4 is 5.69 Å². The molecule has 0 spiro atoms. The van der Waals surface area contributed by atoms with Crippen molar-refractivity contribution in [2.24, 2.45) is 5.73 Å². The molecule has 2 heterocycles. The molecule has 17 heavy (non-hydrogen) atoms. The molecule has 0 radical (unpaired) electrons. The van der Waals surface area contributed by atoms with E-state index in [1.165, 1.54) is 5.56 Å². The van der Waals surface area contributed by atoms with Crippen LogP contribution in [-0.2, 0) is 6.42 Å². The van der Waals surface area contributed by atoms with Crippen molar-refractivity contribution in [1.82, 2.24) is 0 Å². The van der Waals surface area contributed by atoms with E-state index in [1.807, 2.05) is 6.07 Å². The van der Waals surface area contributed by atoms with Gasteiger partial charge in [-0.25, -0.2) is 0 Å². The molecule has 0 aromatic heterocycles. The maximum absolute atomic E-state index is 6.16. The smallest absolute Gasteiger partial charge is 0.184 e. The molecule has 2 N–H and O–H groups in total. The summed E-state index contributed by atoms with van der Waals surface area (Å²) in [6.07, 6.45) is 2.04. The van der Waals surface area contributed by atoms with E-state index < -0.39 is 0 Å². The number of ether oxygens (including phenoxy) is 2. The van der Waals surface area contributed by atoms with Crippen molar-refractivity contribution in [2.45, 2.75) is 25.9 Å². The molecule has 0 amide bonds. The number of hydrogen-bond donors (Lipinski definition) is 1. The van der Waals surface area contributed by atoms with Gasteiger partial charge in [-0.2, -0.15) is 0 Å². The van der Waals surface area contributed by atoms with Gasteiger partial charge in [0.15, 0.2) is 11.5 Å². The molecule has 1 unspecified atom stereocenters. The third kappa shape index (κ3) is 1.63. The monoisotopic (exact) mass is 234 g/mol. The summed E-state index contributed by atoms with van der Waals surface area (Å²) in [5, 5.41) is 0. The predicted octanol–water partition coefficient (Wildman–Crippen LogP) is 1.52. The lowest BCUT2D eigenvalue weighted by Gasteiger charge is -2.29. The van der Waals surface area contributed by atoms with E-state index in [0.717, 1.165) is 36.6 Å². The summed E-state index contributed by atoms with van der Waals surface area (Å²) in [6.45, 7) is 4.34. The minimum Gasteiger partial charge on any atom is -0.486 e. The third-order valence-corrected chi connectivity index (χ3v) is 3.49. The second-order valence-corrected chi connectivity index (χ2v) is 4.52. The fourth-order valence-electron chi connectivity index (χ4n) is 2.56. The van der Waals surface area contributed by atoms with Crippen molar-refractivity contribution in [3.8, 4) is 11.5 Å². The minimum absolute atomic E-state index is 0.0632. The Morgan fingerprint density at radius 3 is 3.00 bits per heavy atom. The van der Waals surface area contributed by atoms with E-state index in [1.54, 1.807) is 0 Å². The zero-order valence-corrected chi connectivity index (χ0v) is 10.1. The first-order valence-electron chi connectivity index (χ1n) is 6.25. The lowest BCUT2D eigenvalue weighted by molar-refractivity contribution is 0.172. The highest BCUT2D eigenvalue weighted by Crippen LogP contribution is 2.45. The molecule has 4 nitrogen and oxygen atoms in total. The minimum atomic E-state index is 0.0632. The van der Waals surface area contributed by atoms with E-state index in [4.69, 9.17) is 15.2 Å². The van der Waals surface area contributed by atoms with Gasteiger partial charge >= 0.3 is 0 Å². The van der Waals surface area contributed by atoms with Gasteiger partial charge in [0.2, 0.25) is 0 Å². The molecule has 4 heteroatoms. The lowest BCUT2D eigenvalue weighted by atomic mass is 10.1. The molecule has 1 aromatic carbocycles. The van der Waals surface area contributed by atoms with E-state index in [-0.39, 0.29) is 6.17 Å². The highest BCUT2D eigenvalue weighted by atomic mass is 16.6. The molecule has 0 saturated heterocycles. The SMILES string of the molecule is CCC(N)N1CCc2ccc3c(c21)OCCO3. The van der Waals surface area contributed by atoms with Crippen molar-refractivity contribution < 1.29 is 9.47 Å².